The summed E-state index contributed by atoms with van der Waals surface area (Å²) in [5, 5.41) is 0.819. The second kappa shape index (κ2) is 10.9. The van der Waals surface area contributed by atoms with E-state index in [4.69, 9.17) is 9.47 Å². The minimum atomic E-state index is -3.83. The van der Waals surface area contributed by atoms with Gasteiger partial charge in [0.2, 0.25) is 0 Å². The zero-order valence-corrected chi connectivity index (χ0v) is 21.2. The molecule has 0 spiro atoms. The normalized spacial score (nSPS) is 11.6. The largest absolute Gasteiger partial charge is 0.493 e. The first-order valence-corrected chi connectivity index (χ1v) is 12.8. The van der Waals surface area contributed by atoms with Crippen LogP contribution in [-0.2, 0) is 23.1 Å². The fraction of sp³-hybridized carbons (Fsp3) is 0.222. The predicted molar refractivity (Wildman–Crippen MR) is 139 cm³/mol. The van der Waals surface area contributed by atoms with Crippen molar-refractivity contribution in [2.75, 3.05) is 32.5 Å². The van der Waals surface area contributed by atoms with Crippen molar-refractivity contribution in [2.45, 2.75) is 12.8 Å². The molecule has 36 heavy (non-hydrogen) atoms. The molecule has 7 nitrogen and oxygen atoms in total. The number of hydrogen-bond acceptors (Lipinski definition) is 5. The van der Waals surface area contributed by atoms with Gasteiger partial charge in [0.15, 0.2) is 11.5 Å². The molecule has 188 valence electrons. The van der Waals surface area contributed by atoms with E-state index >= 15 is 4.39 Å². The molecule has 4 rings (SSSR count). The molecule has 0 aliphatic heterocycles. The average Bonchev–Trinajstić information content (AvgIpc) is 2.88. The molecule has 0 radical (unpaired) electrons. The molecule has 4 aromatic rings. The van der Waals surface area contributed by atoms with Gasteiger partial charge in [-0.3, -0.25) is 9.71 Å². The molecule has 1 heterocycles. The number of aromatic nitrogens is 1. The fourth-order valence-corrected chi connectivity index (χ4v) is 4.83. The van der Waals surface area contributed by atoms with Crippen LogP contribution in [0.3, 0.4) is 0 Å². The van der Waals surface area contributed by atoms with E-state index in [9.17, 15) is 8.42 Å². The summed E-state index contributed by atoms with van der Waals surface area (Å²) in [4.78, 5) is 4.38. The smallest absolute Gasteiger partial charge is 0.301 e. The maximum atomic E-state index is 15.0. The molecule has 9 heteroatoms. The van der Waals surface area contributed by atoms with E-state index < -0.39 is 16.0 Å². The van der Waals surface area contributed by atoms with Crippen LogP contribution in [0.15, 0.2) is 72.9 Å². The minimum absolute atomic E-state index is 0.161. The van der Waals surface area contributed by atoms with Crippen LogP contribution in [0.4, 0.5) is 10.1 Å². The van der Waals surface area contributed by atoms with Crippen molar-refractivity contribution in [1.82, 2.24) is 9.29 Å². The number of hydrogen-bond donors (Lipinski definition) is 1. The highest BCUT2D eigenvalue weighted by atomic mass is 32.2. The number of likely N-dealkylation sites (N-methyl/N-ethyl adjacent to an activating group) is 1. The first kappa shape index (κ1) is 25.4. The highest BCUT2D eigenvalue weighted by Gasteiger charge is 2.18. The van der Waals surface area contributed by atoms with Crippen molar-refractivity contribution in [1.29, 1.82) is 0 Å². The van der Waals surface area contributed by atoms with Crippen molar-refractivity contribution in [3.05, 3.63) is 95.4 Å². The van der Waals surface area contributed by atoms with Gasteiger partial charge in [-0.05, 0) is 47.4 Å². The summed E-state index contributed by atoms with van der Waals surface area (Å²) in [6.45, 7) is 0.295. The summed E-state index contributed by atoms with van der Waals surface area (Å²) in [6, 6.07) is 19.4. The number of halogens is 1. The maximum absolute atomic E-state index is 15.0. The van der Waals surface area contributed by atoms with Crippen molar-refractivity contribution in [3.8, 4) is 11.5 Å². The predicted octanol–water partition coefficient (Wildman–Crippen LogP) is 4.81. The lowest BCUT2D eigenvalue weighted by Crippen LogP contribution is -2.34. The van der Waals surface area contributed by atoms with Gasteiger partial charge in [-0.15, -0.1) is 0 Å². The van der Waals surface area contributed by atoms with E-state index in [0.29, 0.717) is 42.0 Å². The SMILES string of the molecule is COc1cc2nccc(Cc3ccc(NS(=O)(=O)N(C)CCc4ccccc4)cc3F)c2cc1OC. The van der Waals surface area contributed by atoms with Gasteiger partial charge in [-0.1, -0.05) is 36.4 Å². The van der Waals surface area contributed by atoms with Crippen molar-refractivity contribution in [3.63, 3.8) is 0 Å². The van der Waals surface area contributed by atoms with E-state index in [2.05, 4.69) is 9.71 Å². The molecule has 1 aromatic heterocycles. The Labute approximate surface area is 210 Å². The number of benzene rings is 3. The zero-order chi connectivity index (χ0) is 25.7. The summed E-state index contributed by atoms with van der Waals surface area (Å²) in [5.41, 5.74) is 3.18. The molecule has 0 atom stereocenters. The number of nitrogens with zero attached hydrogens (tertiary/aromatic N) is 2. The second-order valence-corrected chi connectivity index (χ2v) is 10.1. The van der Waals surface area contributed by atoms with Crippen LogP contribution in [0.25, 0.3) is 10.9 Å². The highest BCUT2D eigenvalue weighted by Crippen LogP contribution is 2.33. The van der Waals surface area contributed by atoms with Gasteiger partial charge in [-0.2, -0.15) is 12.7 Å². The Kier molecular flexibility index (Phi) is 7.71. The van der Waals surface area contributed by atoms with Gasteiger partial charge < -0.3 is 9.47 Å². The molecule has 0 saturated carbocycles. The highest BCUT2D eigenvalue weighted by molar-refractivity contribution is 7.90. The Bertz CT molecular complexity index is 1460. The number of pyridine rings is 1. The van der Waals surface area contributed by atoms with E-state index in [1.54, 1.807) is 38.6 Å². The third-order valence-electron chi connectivity index (χ3n) is 5.99. The van der Waals surface area contributed by atoms with E-state index in [1.807, 2.05) is 42.5 Å². The molecule has 0 saturated heterocycles. The van der Waals surface area contributed by atoms with E-state index in [0.717, 1.165) is 16.5 Å². The number of methoxy groups -OCH3 is 2. The summed E-state index contributed by atoms with van der Waals surface area (Å²) >= 11 is 0. The Morgan fingerprint density at radius 3 is 2.36 bits per heavy atom. The molecule has 0 amide bonds. The number of anilines is 1. The van der Waals surface area contributed by atoms with Crippen molar-refractivity contribution < 1.29 is 22.3 Å². The molecule has 3 aromatic carbocycles. The van der Waals surface area contributed by atoms with Gasteiger partial charge in [0.1, 0.15) is 5.82 Å². The Balaban J connectivity index is 1.50. The molecule has 0 bridgehead atoms. The van der Waals surface area contributed by atoms with Crippen LogP contribution in [0, 0.1) is 5.82 Å². The third kappa shape index (κ3) is 5.75. The van der Waals surface area contributed by atoms with Crippen LogP contribution >= 0.6 is 0 Å². The summed E-state index contributed by atoms with van der Waals surface area (Å²) in [5.74, 6) is 0.611. The lowest BCUT2D eigenvalue weighted by atomic mass is 10.00. The van der Waals surface area contributed by atoms with Crippen molar-refractivity contribution in [2.24, 2.45) is 0 Å². The molecular formula is C27H28FN3O4S. The van der Waals surface area contributed by atoms with E-state index in [1.165, 1.54) is 17.4 Å². The van der Waals surface area contributed by atoms with Gasteiger partial charge in [0.05, 0.1) is 25.4 Å². The monoisotopic (exact) mass is 509 g/mol. The standard InChI is InChI=1S/C27H28FN3O4S/c1-31(14-12-19-7-5-4-6-8-19)36(32,33)30-22-10-9-21(24(28)16-22)15-20-11-13-29-25-18-27(35-3)26(34-2)17-23(20)25/h4-11,13,16-18,30H,12,14-15H2,1-3H3. The number of rotatable bonds is 10. The Hall–Kier alpha value is -3.69. The van der Waals surface area contributed by atoms with Crippen molar-refractivity contribution >= 4 is 26.8 Å². The van der Waals surface area contributed by atoms with Gasteiger partial charge in [-0.25, -0.2) is 4.39 Å². The summed E-state index contributed by atoms with van der Waals surface area (Å²) in [7, 11) is 0.771. The molecule has 0 unspecified atom stereocenters. The lowest BCUT2D eigenvalue weighted by Gasteiger charge is -2.19. The van der Waals surface area contributed by atoms with Crippen LogP contribution < -0.4 is 14.2 Å². The first-order chi connectivity index (χ1) is 17.3. The van der Waals surface area contributed by atoms with Crippen LogP contribution in [0.2, 0.25) is 0 Å². The van der Waals surface area contributed by atoms with Crippen LogP contribution in [0.5, 0.6) is 11.5 Å². The quantitative estimate of drug-likeness (QED) is 0.332. The Morgan fingerprint density at radius 1 is 0.944 bits per heavy atom. The maximum Gasteiger partial charge on any atom is 0.301 e. The molecular weight excluding hydrogens is 481 g/mol. The number of fused-ring (bicyclic) bond motifs is 1. The Morgan fingerprint density at radius 2 is 1.67 bits per heavy atom. The number of ether oxygens (including phenoxy) is 2. The topological polar surface area (TPSA) is 80.8 Å². The fourth-order valence-electron chi connectivity index (χ4n) is 3.92. The van der Waals surface area contributed by atoms with Gasteiger partial charge in [0.25, 0.3) is 0 Å². The lowest BCUT2D eigenvalue weighted by molar-refractivity contribution is 0.356. The molecule has 0 aliphatic carbocycles. The van der Waals surface area contributed by atoms with Crippen LogP contribution in [0.1, 0.15) is 16.7 Å². The first-order valence-electron chi connectivity index (χ1n) is 11.4. The average molecular weight is 510 g/mol. The van der Waals surface area contributed by atoms with Gasteiger partial charge >= 0.3 is 10.2 Å². The molecule has 1 N–H and O–H groups in total. The third-order valence-corrected chi connectivity index (χ3v) is 7.48. The minimum Gasteiger partial charge on any atom is -0.493 e. The second-order valence-electron chi connectivity index (χ2n) is 8.34. The molecule has 0 aliphatic rings. The van der Waals surface area contributed by atoms with E-state index in [-0.39, 0.29) is 5.69 Å². The summed E-state index contributed by atoms with van der Waals surface area (Å²) < 4.78 is 54.9. The zero-order valence-electron chi connectivity index (χ0n) is 20.4. The van der Waals surface area contributed by atoms with Crippen LogP contribution in [-0.4, -0.2) is 45.5 Å². The van der Waals surface area contributed by atoms with Gasteiger partial charge in [0, 0.05) is 37.7 Å². The number of nitrogens with one attached hydrogen (secondary N) is 1. The summed E-state index contributed by atoms with van der Waals surface area (Å²) in [6.07, 6.45) is 2.53. The molecule has 0 fully saturated rings.